The first-order chi connectivity index (χ1) is 9.31. The molecule has 104 valence electrons. The number of benzene rings is 1. The fourth-order valence-corrected chi connectivity index (χ4v) is 3.34. The third-order valence-corrected chi connectivity index (χ3v) is 4.34. The van der Waals surface area contributed by atoms with Gasteiger partial charge in [-0.25, -0.2) is 0 Å². The maximum atomic E-state index is 6.46. The van der Waals surface area contributed by atoms with Gasteiger partial charge in [0.05, 0.1) is 13.2 Å². The zero-order valence-electron chi connectivity index (χ0n) is 11.3. The molecule has 4 heteroatoms. The molecule has 0 amide bonds. The van der Waals surface area contributed by atoms with Gasteiger partial charge in [-0.15, -0.1) is 0 Å². The second-order valence-corrected chi connectivity index (χ2v) is 5.62. The molecule has 3 rings (SSSR count). The van der Waals surface area contributed by atoms with E-state index in [0.29, 0.717) is 12.6 Å². The van der Waals surface area contributed by atoms with Crippen molar-refractivity contribution in [3.63, 3.8) is 0 Å². The molecule has 2 aliphatic rings. The van der Waals surface area contributed by atoms with Gasteiger partial charge in [0.15, 0.2) is 11.5 Å². The minimum absolute atomic E-state index is 0.312. The Morgan fingerprint density at radius 2 is 2.05 bits per heavy atom. The zero-order valence-corrected chi connectivity index (χ0v) is 12.1. The van der Waals surface area contributed by atoms with Gasteiger partial charge in [-0.3, -0.25) is 0 Å². The van der Waals surface area contributed by atoms with Crippen molar-refractivity contribution >= 4 is 11.6 Å². The summed E-state index contributed by atoms with van der Waals surface area (Å²) in [6.45, 7) is 1.42. The Bertz CT molecular complexity index is 476. The summed E-state index contributed by atoms with van der Waals surface area (Å²) in [6, 6.07) is 2.24. The Morgan fingerprint density at radius 1 is 1.21 bits per heavy atom. The lowest BCUT2D eigenvalue weighted by molar-refractivity contribution is 0.295. The predicted octanol–water partition coefficient (Wildman–Crippen LogP) is 3.49. The minimum Gasteiger partial charge on any atom is -0.489 e. The molecule has 3 nitrogen and oxygen atoms in total. The lowest BCUT2D eigenvalue weighted by Gasteiger charge is -2.22. The average molecular weight is 282 g/mol. The van der Waals surface area contributed by atoms with Crippen molar-refractivity contribution in [1.82, 2.24) is 5.32 Å². The van der Waals surface area contributed by atoms with E-state index in [1.165, 1.54) is 24.0 Å². The molecule has 0 spiro atoms. The Morgan fingerprint density at radius 3 is 2.89 bits per heavy atom. The Labute approximate surface area is 119 Å². The molecule has 0 aromatic heterocycles. The molecule has 0 saturated heterocycles. The van der Waals surface area contributed by atoms with Crippen LogP contribution in [0.3, 0.4) is 0 Å². The van der Waals surface area contributed by atoms with Crippen LogP contribution in [-0.4, -0.2) is 20.3 Å². The molecule has 1 heterocycles. The van der Waals surface area contributed by atoms with Gasteiger partial charge in [0, 0.05) is 29.1 Å². The average Bonchev–Trinajstić information content (AvgIpc) is 2.76. The second kappa shape index (κ2) is 5.59. The number of rotatable bonds is 1. The standard InChI is InChI=1S/C15H20ClNO2/c1-17-12-6-3-2-5-10-11(16)9-13-15(14(10)12)19-8-4-7-18-13/h9,12,17H,2-8H2,1H3. The summed E-state index contributed by atoms with van der Waals surface area (Å²) in [6.07, 6.45) is 5.48. The molecule has 19 heavy (non-hydrogen) atoms. The second-order valence-electron chi connectivity index (χ2n) is 5.22. The van der Waals surface area contributed by atoms with E-state index >= 15 is 0 Å². The van der Waals surface area contributed by atoms with Crippen LogP contribution in [0, 0.1) is 0 Å². The molecule has 1 N–H and O–H groups in total. The molecule has 1 aromatic carbocycles. The van der Waals surface area contributed by atoms with E-state index in [1.807, 2.05) is 13.1 Å². The molecule has 1 aliphatic carbocycles. The number of hydrogen-bond acceptors (Lipinski definition) is 3. The van der Waals surface area contributed by atoms with Crippen molar-refractivity contribution in [3.05, 3.63) is 22.2 Å². The van der Waals surface area contributed by atoms with E-state index in [1.54, 1.807) is 0 Å². The van der Waals surface area contributed by atoms with Crippen molar-refractivity contribution in [2.24, 2.45) is 0 Å². The lowest BCUT2D eigenvalue weighted by atomic mass is 9.97. The molecule has 1 atom stereocenters. The van der Waals surface area contributed by atoms with Crippen LogP contribution in [0.25, 0.3) is 0 Å². The van der Waals surface area contributed by atoms with Gasteiger partial charge in [-0.05, 0) is 31.9 Å². The highest BCUT2D eigenvalue weighted by Gasteiger charge is 2.27. The fraction of sp³-hybridized carbons (Fsp3) is 0.600. The highest BCUT2D eigenvalue weighted by molar-refractivity contribution is 6.31. The van der Waals surface area contributed by atoms with Crippen molar-refractivity contribution < 1.29 is 9.47 Å². The summed E-state index contributed by atoms with van der Waals surface area (Å²) in [5, 5.41) is 4.22. The van der Waals surface area contributed by atoms with Crippen LogP contribution in [0.15, 0.2) is 6.07 Å². The Hall–Kier alpha value is -0.930. The quantitative estimate of drug-likeness (QED) is 0.800. The monoisotopic (exact) mass is 281 g/mol. The van der Waals surface area contributed by atoms with Crippen LogP contribution in [0.5, 0.6) is 11.5 Å². The number of hydrogen-bond donors (Lipinski definition) is 1. The summed E-state index contributed by atoms with van der Waals surface area (Å²) in [5.74, 6) is 1.72. The largest absolute Gasteiger partial charge is 0.489 e. The predicted molar refractivity (Wildman–Crippen MR) is 76.4 cm³/mol. The molecular formula is C15H20ClNO2. The van der Waals surface area contributed by atoms with Crippen LogP contribution < -0.4 is 14.8 Å². The molecule has 0 fully saturated rings. The van der Waals surface area contributed by atoms with Gasteiger partial charge in [0.1, 0.15) is 0 Å². The third kappa shape index (κ3) is 2.41. The van der Waals surface area contributed by atoms with Gasteiger partial charge in [0.25, 0.3) is 0 Å². The van der Waals surface area contributed by atoms with Crippen LogP contribution in [0.4, 0.5) is 0 Å². The first-order valence-electron chi connectivity index (χ1n) is 7.09. The zero-order chi connectivity index (χ0) is 13.2. The topological polar surface area (TPSA) is 30.5 Å². The number of ether oxygens (including phenoxy) is 2. The first kappa shape index (κ1) is 13.1. The minimum atomic E-state index is 0.312. The van der Waals surface area contributed by atoms with E-state index in [2.05, 4.69) is 5.32 Å². The van der Waals surface area contributed by atoms with Gasteiger partial charge < -0.3 is 14.8 Å². The van der Waals surface area contributed by atoms with Gasteiger partial charge in [0.2, 0.25) is 0 Å². The highest BCUT2D eigenvalue weighted by atomic mass is 35.5. The molecule has 1 aliphatic heterocycles. The van der Waals surface area contributed by atoms with Crippen molar-refractivity contribution in [3.8, 4) is 11.5 Å². The summed E-state index contributed by atoms with van der Waals surface area (Å²) in [7, 11) is 2.00. The van der Waals surface area contributed by atoms with Crippen LogP contribution in [-0.2, 0) is 6.42 Å². The number of nitrogens with one attached hydrogen (secondary N) is 1. The first-order valence-corrected chi connectivity index (χ1v) is 7.47. The van der Waals surface area contributed by atoms with Gasteiger partial charge in [-0.2, -0.15) is 0 Å². The van der Waals surface area contributed by atoms with E-state index in [9.17, 15) is 0 Å². The number of fused-ring (bicyclic) bond motifs is 3. The summed E-state index contributed by atoms with van der Waals surface area (Å²) in [5.41, 5.74) is 2.46. The van der Waals surface area contributed by atoms with Crippen molar-refractivity contribution in [1.29, 1.82) is 0 Å². The maximum Gasteiger partial charge on any atom is 0.166 e. The molecule has 0 bridgehead atoms. The molecule has 1 unspecified atom stereocenters. The normalized spacial score (nSPS) is 22.3. The Kier molecular flexibility index (Phi) is 3.85. The smallest absolute Gasteiger partial charge is 0.166 e. The van der Waals surface area contributed by atoms with Crippen molar-refractivity contribution in [2.45, 2.75) is 38.1 Å². The summed E-state index contributed by atoms with van der Waals surface area (Å²) >= 11 is 6.46. The van der Waals surface area contributed by atoms with E-state index in [0.717, 1.165) is 42.4 Å². The Balaban J connectivity index is 2.17. The number of halogens is 1. The van der Waals surface area contributed by atoms with E-state index in [4.69, 9.17) is 21.1 Å². The third-order valence-electron chi connectivity index (χ3n) is 4.00. The molecular weight excluding hydrogens is 262 g/mol. The summed E-state index contributed by atoms with van der Waals surface area (Å²) in [4.78, 5) is 0. The summed E-state index contributed by atoms with van der Waals surface area (Å²) < 4.78 is 11.8. The van der Waals surface area contributed by atoms with E-state index in [-0.39, 0.29) is 0 Å². The fourth-order valence-electron chi connectivity index (χ4n) is 3.04. The SMILES string of the molecule is CNC1CCCCc2c(Cl)cc3c(c21)OCCCO3. The molecule has 0 saturated carbocycles. The van der Waals surface area contributed by atoms with Gasteiger partial charge >= 0.3 is 0 Å². The van der Waals surface area contributed by atoms with E-state index < -0.39 is 0 Å². The van der Waals surface area contributed by atoms with Crippen LogP contribution >= 0.6 is 11.6 Å². The molecule has 1 aromatic rings. The maximum absolute atomic E-state index is 6.46. The van der Waals surface area contributed by atoms with Gasteiger partial charge in [-0.1, -0.05) is 18.0 Å². The molecule has 0 radical (unpaired) electrons. The van der Waals surface area contributed by atoms with Crippen LogP contribution in [0.2, 0.25) is 5.02 Å². The van der Waals surface area contributed by atoms with Crippen molar-refractivity contribution in [2.75, 3.05) is 20.3 Å². The lowest BCUT2D eigenvalue weighted by Crippen LogP contribution is -2.18. The van der Waals surface area contributed by atoms with Crippen LogP contribution in [0.1, 0.15) is 42.9 Å². The highest BCUT2D eigenvalue weighted by Crippen LogP contribution is 2.45.